The van der Waals surface area contributed by atoms with Gasteiger partial charge in [0.05, 0.1) is 10.0 Å². The van der Waals surface area contributed by atoms with Gasteiger partial charge >= 0.3 is 0 Å². The Kier molecular flexibility index (Phi) is 4.90. The molecule has 0 aliphatic carbocycles. The van der Waals surface area contributed by atoms with Gasteiger partial charge in [0.2, 0.25) is 0 Å². The van der Waals surface area contributed by atoms with Crippen LogP contribution in [0.2, 0.25) is 10.0 Å². The number of halogens is 2. The molecule has 90 valence electrons. The normalized spacial score (nSPS) is 13.1. The van der Waals surface area contributed by atoms with E-state index in [2.05, 4.69) is 13.8 Å². The molecule has 2 nitrogen and oxygen atoms in total. The minimum absolute atomic E-state index is 0.0804. The number of aromatic hydroxyl groups is 1. The zero-order valence-electron chi connectivity index (χ0n) is 9.50. The number of hydrogen-bond acceptors (Lipinski definition) is 2. The third-order valence-electron chi connectivity index (χ3n) is 2.52. The first-order valence-corrected chi connectivity index (χ1v) is 6.11. The summed E-state index contributed by atoms with van der Waals surface area (Å²) < 4.78 is 0. The zero-order chi connectivity index (χ0) is 12.3. The largest absolute Gasteiger partial charge is 0.505 e. The highest BCUT2D eigenvalue weighted by atomic mass is 35.5. The second kappa shape index (κ2) is 5.76. The van der Waals surface area contributed by atoms with Gasteiger partial charge in [0.25, 0.3) is 0 Å². The van der Waals surface area contributed by atoms with E-state index in [-0.39, 0.29) is 21.8 Å². The summed E-state index contributed by atoms with van der Waals surface area (Å²) in [5.41, 5.74) is 6.90. The molecule has 0 aliphatic rings. The van der Waals surface area contributed by atoms with Crippen LogP contribution in [-0.4, -0.2) is 5.11 Å². The van der Waals surface area contributed by atoms with E-state index in [0.717, 1.165) is 18.4 Å². The molecule has 0 saturated heterocycles. The van der Waals surface area contributed by atoms with Crippen molar-refractivity contribution in [1.82, 2.24) is 0 Å². The Bertz CT molecular complexity index is 343. The molecular weight excluding hydrogens is 245 g/mol. The summed E-state index contributed by atoms with van der Waals surface area (Å²) in [6.45, 7) is 4.31. The lowest BCUT2D eigenvalue weighted by atomic mass is 9.98. The summed E-state index contributed by atoms with van der Waals surface area (Å²) in [6, 6.07) is 3.26. The molecule has 0 bridgehead atoms. The van der Waals surface area contributed by atoms with E-state index >= 15 is 0 Å². The molecule has 4 heteroatoms. The molecule has 16 heavy (non-hydrogen) atoms. The fourth-order valence-electron chi connectivity index (χ4n) is 1.48. The Morgan fingerprint density at radius 3 is 2.12 bits per heavy atom. The molecule has 1 aromatic carbocycles. The van der Waals surface area contributed by atoms with Crippen molar-refractivity contribution in [2.45, 2.75) is 32.7 Å². The lowest BCUT2D eigenvalue weighted by Gasteiger charge is -2.14. The Hall–Kier alpha value is -0.440. The van der Waals surface area contributed by atoms with E-state index in [0.29, 0.717) is 5.92 Å². The molecule has 0 radical (unpaired) electrons. The molecule has 0 amide bonds. The lowest BCUT2D eigenvalue weighted by Crippen LogP contribution is -2.11. The minimum Gasteiger partial charge on any atom is -0.505 e. The predicted octanol–water partition coefficient (Wildman–Crippen LogP) is 4.14. The van der Waals surface area contributed by atoms with Crippen molar-refractivity contribution in [2.75, 3.05) is 0 Å². The first-order chi connectivity index (χ1) is 7.41. The van der Waals surface area contributed by atoms with E-state index in [4.69, 9.17) is 28.9 Å². The Morgan fingerprint density at radius 1 is 1.19 bits per heavy atom. The van der Waals surface area contributed by atoms with Gasteiger partial charge in [-0.05, 0) is 36.5 Å². The molecular formula is C12H17Cl2NO. The summed E-state index contributed by atoms with van der Waals surface area (Å²) in [4.78, 5) is 0. The third kappa shape index (κ3) is 3.55. The van der Waals surface area contributed by atoms with Crippen molar-refractivity contribution in [3.63, 3.8) is 0 Å². The molecule has 1 rings (SSSR count). The highest BCUT2D eigenvalue weighted by molar-refractivity contribution is 6.37. The molecule has 3 N–H and O–H groups in total. The van der Waals surface area contributed by atoms with Gasteiger partial charge in [-0.1, -0.05) is 37.0 Å². The Morgan fingerprint density at radius 2 is 1.69 bits per heavy atom. The Balaban J connectivity index is 2.80. The van der Waals surface area contributed by atoms with Crippen LogP contribution in [0.5, 0.6) is 5.75 Å². The van der Waals surface area contributed by atoms with E-state index in [1.165, 1.54) is 0 Å². The summed E-state index contributed by atoms with van der Waals surface area (Å²) in [7, 11) is 0. The lowest BCUT2D eigenvalue weighted by molar-refractivity contribution is 0.474. The maximum atomic E-state index is 9.43. The van der Waals surface area contributed by atoms with Crippen molar-refractivity contribution < 1.29 is 5.11 Å². The maximum absolute atomic E-state index is 9.43. The van der Waals surface area contributed by atoms with Gasteiger partial charge in [-0.25, -0.2) is 0 Å². The molecule has 1 atom stereocenters. The highest BCUT2D eigenvalue weighted by Crippen LogP contribution is 2.35. The first-order valence-electron chi connectivity index (χ1n) is 5.35. The summed E-state index contributed by atoms with van der Waals surface area (Å²) >= 11 is 11.7. The number of phenols is 1. The summed E-state index contributed by atoms with van der Waals surface area (Å²) in [5, 5.41) is 9.93. The summed E-state index contributed by atoms with van der Waals surface area (Å²) in [5.74, 6) is 0.539. The fourth-order valence-corrected chi connectivity index (χ4v) is 1.98. The predicted molar refractivity (Wildman–Crippen MR) is 69.1 cm³/mol. The van der Waals surface area contributed by atoms with Gasteiger partial charge in [0.15, 0.2) is 5.75 Å². The second-order valence-electron chi connectivity index (χ2n) is 4.41. The van der Waals surface area contributed by atoms with E-state index in [1.54, 1.807) is 12.1 Å². The van der Waals surface area contributed by atoms with E-state index in [1.807, 2.05) is 0 Å². The highest BCUT2D eigenvalue weighted by Gasteiger charge is 2.12. The first kappa shape index (κ1) is 13.6. The zero-order valence-corrected chi connectivity index (χ0v) is 11.0. The van der Waals surface area contributed by atoms with Crippen molar-refractivity contribution in [3.8, 4) is 5.75 Å². The number of phenolic OH excluding ortho intramolecular Hbond substituents is 1. The quantitative estimate of drug-likeness (QED) is 0.856. The van der Waals surface area contributed by atoms with Crippen LogP contribution in [0, 0.1) is 5.92 Å². The maximum Gasteiger partial charge on any atom is 0.152 e. The molecule has 0 saturated carbocycles. The number of hydrogen-bond donors (Lipinski definition) is 2. The number of rotatable bonds is 4. The van der Waals surface area contributed by atoms with E-state index in [9.17, 15) is 5.11 Å². The fraction of sp³-hybridized carbons (Fsp3) is 0.500. The average Bonchev–Trinajstić information content (AvgIpc) is 2.21. The SMILES string of the molecule is CC(C)CC[C@@H](N)c1cc(Cl)c(O)c(Cl)c1. The van der Waals surface area contributed by atoms with Crippen LogP contribution in [0.15, 0.2) is 12.1 Å². The van der Waals surface area contributed by atoms with Crippen LogP contribution < -0.4 is 5.73 Å². The molecule has 0 aromatic heterocycles. The standard InChI is InChI=1S/C12H17Cl2NO/c1-7(2)3-4-11(15)8-5-9(13)12(16)10(14)6-8/h5-7,11,16H,3-4,15H2,1-2H3/t11-/m1/s1. The van der Waals surface area contributed by atoms with Crippen LogP contribution in [0.3, 0.4) is 0 Å². The van der Waals surface area contributed by atoms with Crippen LogP contribution in [-0.2, 0) is 0 Å². The van der Waals surface area contributed by atoms with Gasteiger partial charge in [0, 0.05) is 6.04 Å². The smallest absolute Gasteiger partial charge is 0.152 e. The van der Waals surface area contributed by atoms with Gasteiger partial charge < -0.3 is 10.8 Å². The van der Waals surface area contributed by atoms with Crippen LogP contribution in [0.4, 0.5) is 0 Å². The molecule has 0 fully saturated rings. The average molecular weight is 262 g/mol. The van der Waals surface area contributed by atoms with Gasteiger partial charge in [-0.3, -0.25) is 0 Å². The summed E-state index contributed by atoms with van der Waals surface area (Å²) in [6.07, 6.45) is 1.94. The molecule has 1 aromatic rings. The van der Waals surface area contributed by atoms with Crippen LogP contribution in [0.1, 0.15) is 38.3 Å². The minimum atomic E-state index is -0.0852. The van der Waals surface area contributed by atoms with Gasteiger partial charge in [-0.2, -0.15) is 0 Å². The number of benzene rings is 1. The molecule has 0 spiro atoms. The van der Waals surface area contributed by atoms with Crippen molar-refractivity contribution in [2.24, 2.45) is 11.7 Å². The molecule has 0 unspecified atom stereocenters. The third-order valence-corrected chi connectivity index (χ3v) is 3.10. The topological polar surface area (TPSA) is 46.2 Å². The number of nitrogens with two attached hydrogens (primary N) is 1. The molecule has 0 heterocycles. The van der Waals surface area contributed by atoms with Gasteiger partial charge in [-0.15, -0.1) is 0 Å². The van der Waals surface area contributed by atoms with Gasteiger partial charge in [0.1, 0.15) is 0 Å². The second-order valence-corrected chi connectivity index (χ2v) is 5.23. The van der Waals surface area contributed by atoms with Crippen molar-refractivity contribution >= 4 is 23.2 Å². The van der Waals surface area contributed by atoms with Crippen LogP contribution in [0.25, 0.3) is 0 Å². The van der Waals surface area contributed by atoms with Crippen molar-refractivity contribution in [1.29, 1.82) is 0 Å². The van der Waals surface area contributed by atoms with Crippen LogP contribution >= 0.6 is 23.2 Å². The Labute approximate surface area is 106 Å². The van der Waals surface area contributed by atoms with Crippen molar-refractivity contribution in [3.05, 3.63) is 27.7 Å². The molecule has 0 aliphatic heterocycles. The monoisotopic (exact) mass is 261 g/mol. The van der Waals surface area contributed by atoms with E-state index < -0.39 is 0 Å².